The second-order valence-electron chi connectivity index (χ2n) is 6.16. The van der Waals surface area contributed by atoms with Crippen molar-refractivity contribution in [1.82, 2.24) is 4.31 Å². The van der Waals surface area contributed by atoms with Gasteiger partial charge in [-0.2, -0.15) is 4.31 Å². The van der Waals surface area contributed by atoms with E-state index in [9.17, 15) is 22.0 Å². The lowest BCUT2D eigenvalue weighted by molar-refractivity contribution is -0.118. The molecular formula is C18H17ClF2N2O4S. The summed E-state index contributed by atoms with van der Waals surface area (Å²) in [6.45, 7) is 0.196. The van der Waals surface area contributed by atoms with Crippen molar-refractivity contribution < 1.29 is 26.7 Å². The Kier molecular flexibility index (Phi) is 6.17. The van der Waals surface area contributed by atoms with Crippen LogP contribution < -0.4 is 10.1 Å². The van der Waals surface area contributed by atoms with Gasteiger partial charge in [-0.05, 0) is 43.2 Å². The third kappa shape index (κ3) is 4.60. The number of nitrogens with zero attached hydrogens (tertiary/aromatic N) is 1. The van der Waals surface area contributed by atoms with E-state index in [1.807, 2.05) is 0 Å². The minimum Gasteiger partial charge on any atom is -0.482 e. The Morgan fingerprint density at radius 1 is 1.14 bits per heavy atom. The maximum atomic E-state index is 13.6. The molecule has 0 radical (unpaired) electrons. The number of ether oxygens (including phenoxy) is 1. The zero-order chi connectivity index (χ0) is 20.3. The molecule has 0 atom stereocenters. The number of amides is 1. The number of carbonyl (C=O) groups is 1. The Hall–Kier alpha value is -2.23. The first-order valence-electron chi connectivity index (χ1n) is 8.45. The van der Waals surface area contributed by atoms with E-state index >= 15 is 0 Å². The van der Waals surface area contributed by atoms with Crippen LogP contribution in [0.2, 0.25) is 5.02 Å². The van der Waals surface area contributed by atoms with Gasteiger partial charge < -0.3 is 10.1 Å². The van der Waals surface area contributed by atoms with Gasteiger partial charge in [-0.3, -0.25) is 4.79 Å². The molecule has 0 bridgehead atoms. The summed E-state index contributed by atoms with van der Waals surface area (Å²) in [5.41, 5.74) is -0.338. The number of sulfonamides is 1. The van der Waals surface area contributed by atoms with E-state index in [-0.39, 0.29) is 21.4 Å². The third-order valence-electron chi connectivity index (χ3n) is 4.15. The predicted octanol–water partition coefficient (Wildman–Crippen LogP) is 3.42. The normalized spacial score (nSPS) is 14.8. The van der Waals surface area contributed by atoms with Crippen LogP contribution in [-0.4, -0.2) is 38.3 Å². The van der Waals surface area contributed by atoms with E-state index < -0.39 is 34.2 Å². The van der Waals surface area contributed by atoms with Crippen LogP contribution in [0.5, 0.6) is 5.75 Å². The maximum Gasteiger partial charge on any atom is 0.262 e. The average Bonchev–Trinajstić information content (AvgIpc) is 3.19. The average molecular weight is 431 g/mol. The van der Waals surface area contributed by atoms with E-state index in [4.69, 9.17) is 16.3 Å². The molecular weight excluding hydrogens is 414 g/mol. The number of halogens is 3. The number of carbonyl (C=O) groups excluding carboxylic acids is 1. The first-order chi connectivity index (χ1) is 13.3. The van der Waals surface area contributed by atoms with Crippen LogP contribution in [0.3, 0.4) is 0 Å². The summed E-state index contributed by atoms with van der Waals surface area (Å²) in [6, 6.07) is 6.68. The topological polar surface area (TPSA) is 75.7 Å². The van der Waals surface area contributed by atoms with Crippen molar-refractivity contribution in [2.75, 3.05) is 25.0 Å². The Morgan fingerprint density at radius 2 is 1.86 bits per heavy atom. The summed E-state index contributed by atoms with van der Waals surface area (Å²) >= 11 is 5.94. The number of hydrogen-bond acceptors (Lipinski definition) is 4. The highest BCUT2D eigenvalue weighted by Gasteiger charge is 2.30. The van der Waals surface area contributed by atoms with Crippen LogP contribution in [0, 0.1) is 11.6 Å². The lowest BCUT2D eigenvalue weighted by Gasteiger charge is -2.18. The predicted molar refractivity (Wildman–Crippen MR) is 99.9 cm³/mol. The van der Waals surface area contributed by atoms with Gasteiger partial charge in [0.2, 0.25) is 10.0 Å². The van der Waals surface area contributed by atoms with Gasteiger partial charge in [-0.1, -0.05) is 11.6 Å². The van der Waals surface area contributed by atoms with Gasteiger partial charge >= 0.3 is 0 Å². The standard InChI is InChI=1S/C18H17ClF2N2O4S/c19-12-3-6-16(17(9-12)28(25,26)23-7-1-2-8-23)27-11-18(24)22-15-10-13(20)4-5-14(15)21/h3-6,9-10H,1-2,7-8,11H2,(H,22,24). The number of anilines is 1. The summed E-state index contributed by atoms with van der Waals surface area (Å²) in [4.78, 5) is 11.9. The molecule has 2 aromatic rings. The second kappa shape index (κ2) is 8.42. The Labute approximate surface area is 166 Å². The van der Waals surface area contributed by atoms with Gasteiger partial charge in [0.1, 0.15) is 22.3 Å². The molecule has 0 spiro atoms. The van der Waals surface area contributed by atoms with Crippen molar-refractivity contribution in [1.29, 1.82) is 0 Å². The van der Waals surface area contributed by atoms with Gasteiger partial charge in [0.15, 0.2) is 6.61 Å². The van der Waals surface area contributed by atoms with Crippen molar-refractivity contribution in [2.45, 2.75) is 17.7 Å². The highest BCUT2D eigenvalue weighted by Crippen LogP contribution is 2.31. The molecule has 2 aromatic carbocycles. The fraction of sp³-hybridized carbons (Fsp3) is 0.278. The van der Waals surface area contributed by atoms with Crippen molar-refractivity contribution in [3.63, 3.8) is 0 Å². The van der Waals surface area contributed by atoms with Gasteiger partial charge in [0.05, 0.1) is 5.69 Å². The smallest absolute Gasteiger partial charge is 0.262 e. The second-order valence-corrected chi connectivity index (χ2v) is 8.51. The molecule has 0 aliphatic carbocycles. The first kappa shape index (κ1) is 20.5. The molecule has 0 saturated carbocycles. The molecule has 1 heterocycles. The molecule has 1 saturated heterocycles. The monoisotopic (exact) mass is 430 g/mol. The molecule has 1 amide bonds. The van der Waals surface area contributed by atoms with Crippen LogP contribution in [0.4, 0.5) is 14.5 Å². The molecule has 1 aliphatic rings. The Balaban J connectivity index is 1.75. The van der Waals surface area contributed by atoms with Gasteiger partial charge in [0, 0.05) is 24.2 Å². The quantitative estimate of drug-likeness (QED) is 0.762. The number of nitrogens with one attached hydrogen (secondary N) is 1. The van der Waals surface area contributed by atoms with Crippen LogP contribution in [-0.2, 0) is 14.8 Å². The molecule has 1 N–H and O–H groups in total. The van der Waals surface area contributed by atoms with Gasteiger partial charge in [0.25, 0.3) is 5.91 Å². The number of benzene rings is 2. The molecule has 150 valence electrons. The van der Waals surface area contributed by atoms with E-state index in [1.165, 1.54) is 22.5 Å². The molecule has 3 rings (SSSR count). The van der Waals surface area contributed by atoms with E-state index in [1.54, 1.807) is 0 Å². The largest absolute Gasteiger partial charge is 0.482 e. The fourth-order valence-electron chi connectivity index (χ4n) is 2.79. The van der Waals surface area contributed by atoms with E-state index in [0.29, 0.717) is 13.1 Å². The molecule has 6 nitrogen and oxygen atoms in total. The summed E-state index contributed by atoms with van der Waals surface area (Å²) in [6.07, 6.45) is 1.52. The summed E-state index contributed by atoms with van der Waals surface area (Å²) in [7, 11) is -3.83. The minimum atomic E-state index is -3.83. The SMILES string of the molecule is O=C(COc1ccc(Cl)cc1S(=O)(=O)N1CCCC1)Nc1cc(F)ccc1F. The zero-order valence-electron chi connectivity index (χ0n) is 14.6. The highest BCUT2D eigenvalue weighted by atomic mass is 35.5. The summed E-state index contributed by atoms with van der Waals surface area (Å²) < 4.78 is 59.1. The molecule has 1 aliphatic heterocycles. The fourth-order valence-corrected chi connectivity index (χ4v) is 4.70. The Morgan fingerprint density at radius 3 is 2.57 bits per heavy atom. The summed E-state index contributed by atoms with van der Waals surface area (Å²) in [5.74, 6) is -2.34. The van der Waals surface area contributed by atoms with Crippen molar-refractivity contribution in [2.24, 2.45) is 0 Å². The lowest BCUT2D eigenvalue weighted by Crippen LogP contribution is -2.29. The van der Waals surface area contributed by atoms with Crippen molar-refractivity contribution in [3.05, 3.63) is 53.1 Å². The molecule has 0 unspecified atom stereocenters. The minimum absolute atomic E-state index is 0.0498. The number of hydrogen-bond donors (Lipinski definition) is 1. The Bertz CT molecular complexity index is 995. The first-order valence-corrected chi connectivity index (χ1v) is 10.3. The van der Waals surface area contributed by atoms with E-state index in [2.05, 4.69) is 5.32 Å². The lowest BCUT2D eigenvalue weighted by atomic mass is 10.3. The van der Waals surface area contributed by atoms with Crippen LogP contribution in [0.1, 0.15) is 12.8 Å². The molecule has 10 heteroatoms. The zero-order valence-corrected chi connectivity index (χ0v) is 16.2. The van der Waals surface area contributed by atoms with Crippen LogP contribution in [0.15, 0.2) is 41.3 Å². The van der Waals surface area contributed by atoms with Crippen LogP contribution in [0.25, 0.3) is 0 Å². The highest BCUT2D eigenvalue weighted by molar-refractivity contribution is 7.89. The van der Waals surface area contributed by atoms with Crippen LogP contribution >= 0.6 is 11.6 Å². The van der Waals surface area contributed by atoms with Gasteiger partial charge in [-0.15, -0.1) is 0 Å². The maximum absolute atomic E-state index is 13.6. The molecule has 1 fully saturated rings. The van der Waals surface area contributed by atoms with Crippen molar-refractivity contribution in [3.8, 4) is 5.75 Å². The number of rotatable bonds is 6. The van der Waals surface area contributed by atoms with E-state index in [0.717, 1.165) is 31.0 Å². The third-order valence-corrected chi connectivity index (χ3v) is 6.30. The molecule has 0 aromatic heterocycles. The molecule has 28 heavy (non-hydrogen) atoms. The van der Waals surface area contributed by atoms with Crippen molar-refractivity contribution >= 4 is 33.2 Å². The van der Waals surface area contributed by atoms with Gasteiger partial charge in [-0.25, -0.2) is 17.2 Å². The summed E-state index contributed by atoms with van der Waals surface area (Å²) in [5, 5.41) is 2.39.